The number of nitrogens with one attached hydrogen (secondary N) is 1. The van der Waals surface area contributed by atoms with Crippen LogP contribution in [0.4, 0.5) is 5.69 Å². The van der Waals surface area contributed by atoms with E-state index in [0.29, 0.717) is 51.2 Å². The van der Waals surface area contributed by atoms with Crippen LogP contribution in [0.5, 0.6) is 0 Å². The van der Waals surface area contributed by atoms with Gasteiger partial charge >= 0.3 is 5.97 Å². The van der Waals surface area contributed by atoms with Crippen molar-refractivity contribution in [2.75, 3.05) is 64.3 Å². The quantitative estimate of drug-likeness (QED) is 0.145. The molecule has 2 aromatic rings. The molecule has 4 amide bonds. The summed E-state index contributed by atoms with van der Waals surface area (Å²) in [5.74, 6) is 4.04. The summed E-state index contributed by atoms with van der Waals surface area (Å²) in [6.45, 7) is 2.23. The predicted molar refractivity (Wildman–Crippen MR) is 163 cm³/mol. The van der Waals surface area contributed by atoms with Crippen molar-refractivity contribution in [1.82, 2.24) is 10.4 Å². The van der Waals surface area contributed by atoms with Gasteiger partial charge in [-0.25, -0.2) is 4.79 Å². The third-order valence-electron chi connectivity index (χ3n) is 6.84. The molecule has 2 heterocycles. The number of carbonyl (C=O) groups is 5. The Kier molecular flexibility index (Phi) is 13.7. The van der Waals surface area contributed by atoms with Crippen molar-refractivity contribution in [2.24, 2.45) is 0 Å². The van der Waals surface area contributed by atoms with Crippen LogP contribution < -0.4 is 10.2 Å². The number of carbonyl (C=O) groups excluding carboxylic acids is 5. The third-order valence-corrected chi connectivity index (χ3v) is 6.84. The molecule has 46 heavy (non-hydrogen) atoms. The third kappa shape index (κ3) is 10.8. The summed E-state index contributed by atoms with van der Waals surface area (Å²) >= 11 is 0. The van der Waals surface area contributed by atoms with Crippen molar-refractivity contribution >= 4 is 35.3 Å². The molecule has 0 aromatic heterocycles. The second kappa shape index (κ2) is 18.4. The number of fused-ring (bicyclic) bond motifs is 2. The molecule has 0 radical (unpaired) electrons. The summed E-state index contributed by atoms with van der Waals surface area (Å²) < 4.78 is 21.3. The minimum absolute atomic E-state index is 0.0292. The number of anilines is 1. The summed E-state index contributed by atoms with van der Waals surface area (Å²) in [6, 6.07) is 15.3. The monoisotopic (exact) mass is 635 g/mol. The second-order valence-electron chi connectivity index (χ2n) is 10.2. The lowest BCUT2D eigenvalue weighted by molar-refractivity contribution is -0.200. The van der Waals surface area contributed by atoms with E-state index < -0.39 is 24.4 Å². The number of nitrogens with zero attached hydrogens (tertiary/aromatic N) is 2. The van der Waals surface area contributed by atoms with E-state index in [1.54, 1.807) is 4.90 Å². The molecule has 0 spiro atoms. The van der Waals surface area contributed by atoms with Gasteiger partial charge in [0.05, 0.1) is 58.5 Å². The molecule has 0 atom stereocenters. The molecule has 0 bridgehead atoms. The van der Waals surface area contributed by atoms with Crippen LogP contribution in [0, 0.1) is 11.8 Å². The molecular weight excluding hydrogens is 598 g/mol. The van der Waals surface area contributed by atoms with Gasteiger partial charge in [-0.2, -0.15) is 0 Å². The Labute approximate surface area is 267 Å². The highest BCUT2D eigenvalue weighted by molar-refractivity contribution is 6.01. The van der Waals surface area contributed by atoms with Crippen molar-refractivity contribution in [3.05, 3.63) is 65.2 Å². The minimum atomic E-state index is -0.838. The second-order valence-corrected chi connectivity index (χ2v) is 10.2. The molecule has 1 N–H and O–H groups in total. The number of hydroxylamine groups is 2. The number of hydrogen-bond acceptors (Lipinski definition) is 10. The van der Waals surface area contributed by atoms with Crippen LogP contribution >= 0.6 is 0 Å². The van der Waals surface area contributed by atoms with Crippen molar-refractivity contribution in [1.29, 1.82) is 0 Å². The summed E-state index contributed by atoms with van der Waals surface area (Å²) in [6.07, 6.45) is 0.181. The summed E-state index contributed by atoms with van der Waals surface area (Å²) in [4.78, 5) is 66.4. The molecule has 1 fully saturated rings. The highest BCUT2D eigenvalue weighted by atomic mass is 16.7. The van der Waals surface area contributed by atoms with Gasteiger partial charge < -0.3 is 34.0 Å². The van der Waals surface area contributed by atoms with Crippen molar-refractivity contribution in [2.45, 2.75) is 32.2 Å². The topological polar surface area (TPSA) is 150 Å². The van der Waals surface area contributed by atoms with Gasteiger partial charge in [0.1, 0.15) is 6.61 Å². The lowest BCUT2D eigenvalue weighted by atomic mass is 10.0. The maximum atomic E-state index is 13.2. The van der Waals surface area contributed by atoms with Gasteiger partial charge in [0.15, 0.2) is 0 Å². The molecule has 2 aliphatic heterocycles. The number of imide groups is 1. The van der Waals surface area contributed by atoms with E-state index >= 15 is 0 Å². The Morgan fingerprint density at radius 1 is 0.717 bits per heavy atom. The number of ether oxygens (including phenoxy) is 4. The van der Waals surface area contributed by atoms with Crippen LogP contribution in [0.25, 0.3) is 0 Å². The zero-order chi connectivity index (χ0) is 32.6. The Balaban J connectivity index is 0.988. The van der Waals surface area contributed by atoms with Crippen LogP contribution in [-0.4, -0.2) is 94.1 Å². The first-order valence-electron chi connectivity index (χ1n) is 15.1. The van der Waals surface area contributed by atoms with Gasteiger partial charge in [0.2, 0.25) is 11.8 Å². The lowest BCUT2D eigenvalue weighted by Crippen LogP contribution is -2.34. The minimum Gasteiger partial charge on any atom is -0.377 e. The molecule has 13 heteroatoms. The number of amides is 4. The summed E-state index contributed by atoms with van der Waals surface area (Å²) in [7, 11) is 0. The fourth-order valence-electron chi connectivity index (χ4n) is 4.52. The van der Waals surface area contributed by atoms with Crippen LogP contribution in [0.3, 0.4) is 0 Å². The normalized spacial score (nSPS) is 13.7. The molecule has 244 valence electrons. The van der Waals surface area contributed by atoms with Gasteiger partial charge in [0, 0.05) is 43.4 Å². The Hall–Kier alpha value is -4.61. The number of benzene rings is 2. The standard InChI is InChI=1S/C33H37N3O10/c37-29(11-12-30(38)35-23-27-7-2-1-5-25(27)9-10-26-6-3-4-8-28(26)35)34-15-16-42-17-18-43-19-20-44-21-22-45-24-33(41)46-36-31(39)13-14-32(36)40/h1-8H,11-24H2,(H,34,37). The first kappa shape index (κ1) is 34.3. The molecule has 0 aliphatic carbocycles. The summed E-state index contributed by atoms with van der Waals surface area (Å²) in [5, 5.41) is 3.24. The molecule has 0 unspecified atom stereocenters. The van der Waals surface area contributed by atoms with Crippen LogP contribution in [0.15, 0.2) is 48.5 Å². The zero-order valence-corrected chi connectivity index (χ0v) is 25.5. The van der Waals surface area contributed by atoms with Gasteiger partial charge in [-0.3, -0.25) is 19.2 Å². The van der Waals surface area contributed by atoms with Crippen molar-refractivity contribution < 1.29 is 47.8 Å². The Bertz CT molecular complexity index is 1430. The van der Waals surface area contributed by atoms with E-state index in [-0.39, 0.29) is 50.7 Å². The van der Waals surface area contributed by atoms with E-state index in [1.165, 1.54) is 0 Å². The van der Waals surface area contributed by atoms with Crippen molar-refractivity contribution in [3.63, 3.8) is 0 Å². The molecular formula is C33H37N3O10. The van der Waals surface area contributed by atoms with Gasteiger partial charge in [0.25, 0.3) is 11.8 Å². The smallest absolute Gasteiger partial charge is 0.358 e. The van der Waals surface area contributed by atoms with E-state index in [0.717, 1.165) is 22.4 Å². The van der Waals surface area contributed by atoms with E-state index in [1.807, 2.05) is 48.5 Å². The largest absolute Gasteiger partial charge is 0.377 e. The number of para-hydroxylation sites is 1. The van der Waals surface area contributed by atoms with Gasteiger partial charge in [-0.05, 0) is 23.8 Å². The average Bonchev–Trinajstić information content (AvgIpc) is 3.36. The molecule has 0 saturated carbocycles. The van der Waals surface area contributed by atoms with Gasteiger partial charge in [-0.1, -0.05) is 42.2 Å². The van der Waals surface area contributed by atoms with Crippen LogP contribution in [0.2, 0.25) is 0 Å². The zero-order valence-electron chi connectivity index (χ0n) is 25.5. The van der Waals surface area contributed by atoms with E-state index in [9.17, 15) is 24.0 Å². The fraction of sp³-hybridized carbons (Fsp3) is 0.424. The Morgan fingerprint density at radius 2 is 1.30 bits per heavy atom. The van der Waals surface area contributed by atoms with E-state index in [2.05, 4.69) is 22.0 Å². The fourth-order valence-corrected chi connectivity index (χ4v) is 4.52. The highest BCUT2D eigenvalue weighted by Gasteiger charge is 2.32. The molecule has 2 aliphatic rings. The van der Waals surface area contributed by atoms with E-state index in [4.69, 9.17) is 18.9 Å². The molecule has 13 nitrogen and oxygen atoms in total. The lowest BCUT2D eigenvalue weighted by Gasteiger charge is -2.26. The molecule has 4 rings (SSSR count). The maximum absolute atomic E-state index is 13.2. The predicted octanol–water partition coefficient (Wildman–Crippen LogP) is 1.50. The average molecular weight is 636 g/mol. The number of hydrogen-bond donors (Lipinski definition) is 1. The highest BCUT2D eigenvalue weighted by Crippen LogP contribution is 2.26. The van der Waals surface area contributed by atoms with Gasteiger partial charge in [-0.15, -0.1) is 5.06 Å². The van der Waals surface area contributed by atoms with Crippen LogP contribution in [-0.2, 0) is 54.3 Å². The number of rotatable bonds is 18. The SMILES string of the molecule is O=C(CCC(=O)N1Cc2ccccc2C#Cc2ccccc21)NCCOCCOCCOCCOCC(=O)ON1C(=O)CCC1=O. The molecule has 2 aromatic carbocycles. The Morgan fingerprint density at radius 3 is 2.02 bits per heavy atom. The van der Waals surface area contributed by atoms with Crippen LogP contribution in [0.1, 0.15) is 42.4 Å². The van der Waals surface area contributed by atoms with Crippen molar-refractivity contribution in [3.8, 4) is 11.8 Å². The first-order valence-corrected chi connectivity index (χ1v) is 15.1. The molecule has 1 saturated heterocycles. The maximum Gasteiger partial charge on any atom is 0.358 e. The first-order chi connectivity index (χ1) is 22.4. The summed E-state index contributed by atoms with van der Waals surface area (Å²) in [5.41, 5.74) is 3.34.